The second-order valence-corrected chi connectivity index (χ2v) is 5.22. The highest BCUT2D eigenvalue weighted by molar-refractivity contribution is 9.10. The quantitative estimate of drug-likeness (QED) is 0.683. The Morgan fingerprint density at radius 1 is 1.14 bits per heavy atom. The third-order valence-electron chi connectivity index (χ3n) is 2.88. The second kappa shape index (κ2) is 5.57. The van der Waals surface area contributed by atoms with Gasteiger partial charge in [0.15, 0.2) is 5.69 Å². The summed E-state index contributed by atoms with van der Waals surface area (Å²) in [5, 5.41) is 8.14. The minimum Gasteiger partial charge on any atom is -0.287 e. The molecule has 3 rings (SSSR count). The van der Waals surface area contributed by atoms with Gasteiger partial charge in [-0.25, -0.2) is 4.39 Å². The number of aromatic nitrogens is 3. The highest BCUT2D eigenvalue weighted by atomic mass is 79.9. The topological polar surface area (TPSA) is 47.8 Å². The zero-order valence-corrected chi connectivity index (χ0v) is 12.3. The summed E-state index contributed by atoms with van der Waals surface area (Å²) >= 11 is 3.22. The van der Waals surface area contributed by atoms with Gasteiger partial charge in [-0.2, -0.15) is 9.90 Å². The van der Waals surface area contributed by atoms with Crippen LogP contribution in [0.25, 0.3) is 5.69 Å². The molecule has 0 radical (unpaired) electrons. The molecule has 0 bridgehead atoms. The SMILES string of the molecule is O=C(c1cnn(-c2ccccc2)n1)c1cc(Br)ccc1F. The van der Waals surface area contributed by atoms with Crippen molar-refractivity contribution in [2.45, 2.75) is 0 Å². The molecule has 0 N–H and O–H groups in total. The lowest BCUT2D eigenvalue weighted by molar-refractivity contribution is 0.103. The van der Waals surface area contributed by atoms with Gasteiger partial charge in [0.1, 0.15) is 5.82 Å². The van der Waals surface area contributed by atoms with Crippen LogP contribution in [-0.4, -0.2) is 20.8 Å². The average molecular weight is 346 g/mol. The first-order chi connectivity index (χ1) is 10.1. The molecule has 2 aromatic carbocycles. The third kappa shape index (κ3) is 2.75. The molecule has 0 unspecified atom stereocenters. The Labute approximate surface area is 128 Å². The third-order valence-corrected chi connectivity index (χ3v) is 3.38. The zero-order chi connectivity index (χ0) is 14.8. The first-order valence-electron chi connectivity index (χ1n) is 6.12. The van der Waals surface area contributed by atoms with E-state index in [1.807, 2.05) is 30.3 Å². The first-order valence-corrected chi connectivity index (χ1v) is 6.92. The summed E-state index contributed by atoms with van der Waals surface area (Å²) in [4.78, 5) is 13.6. The molecule has 0 fully saturated rings. The van der Waals surface area contributed by atoms with Gasteiger partial charge in [0, 0.05) is 4.47 Å². The molecule has 6 heteroatoms. The van der Waals surface area contributed by atoms with Crippen LogP contribution in [0.4, 0.5) is 4.39 Å². The zero-order valence-electron chi connectivity index (χ0n) is 10.7. The van der Waals surface area contributed by atoms with E-state index < -0.39 is 11.6 Å². The summed E-state index contributed by atoms with van der Waals surface area (Å²) in [5.74, 6) is -1.09. The Morgan fingerprint density at radius 3 is 2.67 bits per heavy atom. The number of nitrogens with zero attached hydrogens (tertiary/aromatic N) is 3. The number of para-hydroxylation sites is 1. The number of carbonyl (C=O) groups excluding carboxylic acids is 1. The van der Waals surface area contributed by atoms with E-state index in [4.69, 9.17) is 0 Å². The molecule has 3 aromatic rings. The normalized spacial score (nSPS) is 10.6. The summed E-state index contributed by atoms with van der Waals surface area (Å²) in [5.41, 5.74) is 0.784. The molecule has 0 aliphatic heterocycles. The Hall–Kier alpha value is -2.34. The monoisotopic (exact) mass is 345 g/mol. The van der Waals surface area contributed by atoms with E-state index in [0.717, 1.165) is 5.69 Å². The molecule has 1 heterocycles. The van der Waals surface area contributed by atoms with Crippen LogP contribution in [0, 0.1) is 5.82 Å². The van der Waals surface area contributed by atoms with Gasteiger partial charge in [-0.1, -0.05) is 34.1 Å². The van der Waals surface area contributed by atoms with Crippen molar-refractivity contribution >= 4 is 21.7 Å². The van der Waals surface area contributed by atoms with Gasteiger partial charge in [-0.05, 0) is 30.3 Å². The van der Waals surface area contributed by atoms with Crippen molar-refractivity contribution in [2.75, 3.05) is 0 Å². The van der Waals surface area contributed by atoms with Crippen LogP contribution in [0.2, 0.25) is 0 Å². The maximum atomic E-state index is 13.7. The van der Waals surface area contributed by atoms with Crippen LogP contribution in [0.1, 0.15) is 16.1 Å². The van der Waals surface area contributed by atoms with Crippen LogP contribution in [0.3, 0.4) is 0 Å². The standard InChI is InChI=1S/C15H9BrFN3O/c16-10-6-7-13(17)12(8-10)15(21)14-9-18-20(19-14)11-4-2-1-3-5-11/h1-9H. The Kier molecular flexibility index (Phi) is 3.62. The van der Waals surface area contributed by atoms with E-state index in [1.54, 1.807) is 0 Å². The van der Waals surface area contributed by atoms with Crippen molar-refractivity contribution in [2.24, 2.45) is 0 Å². The van der Waals surface area contributed by atoms with Crippen molar-refractivity contribution in [3.05, 3.63) is 76.3 Å². The maximum Gasteiger partial charge on any atom is 0.217 e. The highest BCUT2D eigenvalue weighted by Gasteiger charge is 2.18. The van der Waals surface area contributed by atoms with Crippen LogP contribution in [0.15, 0.2) is 59.2 Å². The lowest BCUT2D eigenvalue weighted by Gasteiger charge is -2.01. The largest absolute Gasteiger partial charge is 0.287 e. The number of rotatable bonds is 3. The molecule has 0 saturated heterocycles. The van der Waals surface area contributed by atoms with Gasteiger partial charge in [-0.15, -0.1) is 5.10 Å². The average Bonchev–Trinajstić information content (AvgIpc) is 3.00. The number of hydrogen-bond donors (Lipinski definition) is 0. The van der Waals surface area contributed by atoms with E-state index in [1.165, 1.54) is 29.2 Å². The molecule has 104 valence electrons. The maximum absolute atomic E-state index is 13.7. The predicted octanol–water partition coefficient (Wildman–Crippen LogP) is 3.40. The van der Waals surface area contributed by atoms with Crippen molar-refractivity contribution in [1.29, 1.82) is 0 Å². The molecular formula is C15H9BrFN3O. The number of ketones is 1. The molecule has 0 amide bonds. The summed E-state index contributed by atoms with van der Waals surface area (Å²) in [6.45, 7) is 0. The van der Waals surface area contributed by atoms with E-state index in [2.05, 4.69) is 26.1 Å². The smallest absolute Gasteiger partial charge is 0.217 e. The Bertz CT molecular complexity index is 802. The van der Waals surface area contributed by atoms with Gasteiger partial charge >= 0.3 is 0 Å². The van der Waals surface area contributed by atoms with Gasteiger partial charge in [-0.3, -0.25) is 4.79 Å². The fraction of sp³-hybridized carbons (Fsp3) is 0. The van der Waals surface area contributed by atoms with Crippen LogP contribution in [-0.2, 0) is 0 Å². The fourth-order valence-electron chi connectivity index (χ4n) is 1.86. The Balaban J connectivity index is 1.96. The van der Waals surface area contributed by atoms with Crippen molar-refractivity contribution < 1.29 is 9.18 Å². The molecule has 0 aliphatic carbocycles. The predicted molar refractivity (Wildman–Crippen MR) is 78.9 cm³/mol. The van der Waals surface area contributed by atoms with E-state index >= 15 is 0 Å². The minimum absolute atomic E-state index is 0.0375. The second-order valence-electron chi connectivity index (χ2n) is 4.31. The van der Waals surface area contributed by atoms with Crippen LogP contribution < -0.4 is 0 Å². The minimum atomic E-state index is -0.586. The van der Waals surface area contributed by atoms with E-state index in [9.17, 15) is 9.18 Å². The molecule has 0 aliphatic rings. The van der Waals surface area contributed by atoms with E-state index in [-0.39, 0.29) is 11.3 Å². The molecule has 0 atom stereocenters. The summed E-state index contributed by atoms with van der Waals surface area (Å²) in [7, 11) is 0. The van der Waals surface area contributed by atoms with Crippen LogP contribution >= 0.6 is 15.9 Å². The molecule has 0 saturated carbocycles. The van der Waals surface area contributed by atoms with Crippen molar-refractivity contribution in [1.82, 2.24) is 15.0 Å². The van der Waals surface area contributed by atoms with E-state index in [0.29, 0.717) is 4.47 Å². The molecule has 1 aromatic heterocycles. The molecule has 4 nitrogen and oxygen atoms in total. The summed E-state index contributed by atoms with van der Waals surface area (Å²) in [6, 6.07) is 13.4. The molecular weight excluding hydrogens is 337 g/mol. The number of carbonyl (C=O) groups is 1. The number of hydrogen-bond acceptors (Lipinski definition) is 3. The number of halogens is 2. The molecule has 21 heavy (non-hydrogen) atoms. The first kappa shape index (κ1) is 13.6. The lowest BCUT2D eigenvalue weighted by atomic mass is 10.1. The fourth-order valence-corrected chi connectivity index (χ4v) is 2.22. The molecule has 0 spiro atoms. The van der Waals surface area contributed by atoms with Gasteiger partial charge < -0.3 is 0 Å². The van der Waals surface area contributed by atoms with Gasteiger partial charge in [0.2, 0.25) is 5.78 Å². The van der Waals surface area contributed by atoms with Gasteiger partial charge in [0.25, 0.3) is 0 Å². The summed E-state index contributed by atoms with van der Waals surface area (Å²) < 4.78 is 14.4. The van der Waals surface area contributed by atoms with Crippen LogP contribution in [0.5, 0.6) is 0 Å². The van der Waals surface area contributed by atoms with Crippen molar-refractivity contribution in [3.8, 4) is 5.69 Å². The lowest BCUT2D eigenvalue weighted by Crippen LogP contribution is -2.06. The van der Waals surface area contributed by atoms with Crippen molar-refractivity contribution in [3.63, 3.8) is 0 Å². The Morgan fingerprint density at radius 2 is 1.90 bits per heavy atom. The summed E-state index contributed by atoms with van der Waals surface area (Å²) in [6.07, 6.45) is 1.33. The van der Waals surface area contributed by atoms with Gasteiger partial charge in [0.05, 0.1) is 17.4 Å². The number of benzene rings is 2. The highest BCUT2D eigenvalue weighted by Crippen LogP contribution is 2.18.